The lowest BCUT2D eigenvalue weighted by Gasteiger charge is -2.14. The van der Waals surface area contributed by atoms with Gasteiger partial charge < -0.3 is 21.1 Å². The second-order valence-electron chi connectivity index (χ2n) is 4.97. The molecule has 19 heavy (non-hydrogen) atoms. The van der Waals surface area contributed by atoms with Crippen molar-refractivity contribution in [3.63, 3.8) is 0 Å². The van der Waals surface area contributed by atoms with E-state index in [9.17, 15) is 4.79 Å². The third-order valence-corrected chi connectivity index (χ3v) is 3.29. The molecule has 0 bridgehead atoms. The van der Waals surface area contributed by atoms with Gasteiger partial charge in [-0.25, -0.2) is 0 Å². The number of amides is 1. The number of carbonyl (C=O) groups excluding carboxylic acids is 1. The minimum Gasteiger partial charge on any atom is -0.382 e. The molecule has 0 radical (unpaired) electrons. The maximum Gasteiger partial charge on any atom is 0.250 e. The van der Waals surface area contributed by atoms with Crippen LogP contribution in [0, 0.1) is 0 Å². The summed E-state index contributed by atoms with van der Waals surface area (Å²) < 4.78 is 4.76. The third kappa shape index (κ3) is 4.22. The Hall–Kier alpha value is -1.59. The van der Waals surface area contributed by atoms with Crippen LogP contribution >= 0.6 is 0 Å². The van der Waals surface area contributed by atoms with Gasteiger partial charge in [-0.3, -0.25) is 4.79 Å². The molecule has 2 rings (SSSR count). The van der Waals surface area contributed by atoms with Gasteiger partial charge in [-0.1, -0.05) is 0 Å². The molecule has 2 unspecified atom stereocenters. The number of rotatable bonds is 5. The van der Waals surface area contributed by atoms with E-state index in [-0.39, 0.29) is 12.5 Å². The fraction of sp³-hybridized carbons (Fsp3) is 0.500. The second kappa shape index (κ2) is 6.54. The SMILES string of the molecule is COCC(=O)Nc1ccc(NC2CCC(N)C2)cc1. The zero-order chi connectivity index (χ0) is 13.7. The fourth-order valence-electron chi connectivity index (χ4n) is 2.36. The molecule has 1 aliphatic rings. The van der Waals surface area contributed by atoms with Gasteiger partial charge in [0.2, 0.25) is 5.91 Å². The first-order valence-corrected chi connectivity index (χ1v) is 6.58. The van der Waals surface area contributed by atoms with Gasteiger partial charge in [0.15, 0.2) is 0 Å². The van der Waals surface area contributed by atoms with Crippen molar-refractivity contribution in [3.05, 3.63) is 24.3 Å². The number of hydrogen-bond donors (Lipinski definition) is 3. The molecule has 4 N–H and O–H groups in total. The van der Waals surface area contributed by atoms with Gasteiger partial charge >= 0.3 is 0 Å². The first-order chi connectivity index (χ1) is 9.17. The number of ether oxygens (including phenoxy) is 1. The van der Waals surface area contributed by atoms with Crippen LogP contribution in [-0.4, -0.2) is 31.7 Å². The van der Waals surface area contributed by atoms with E-state index in [1.807, 2.05) is 24.3 Å². The van der Waals surface area contributed by atoms with Gasteiger partial charge in [0.25, 0.3) is 0 Å². The molecule has 5 nitrogen and oxygen atoms in total. The predicted molar refractivity (Wildman–Crippen MR) is 76.2 cm³/mol. The monoisotopic (exact) mass is 263 g/mol. The molecule has 1 amide bonds. The van der Waals surface area contributed by atoms with Crippen LogP contribution in [0.25, 0.3) is 0 Å². The maximum absolute atomic E-state index is 11.3. The smallest absolute Gasteiger partial charge is 0.250 e. The van der Waals surface area contributed by atoms with Gasteiger partial charge in [0.05, 0.1) is 0 Å². The Balaban J connectivity index is 1.86. The topological polar surface area (TPSA) is 76.4 Å². The van der Waals surface area contributed by atoms with Crippen molar-refractivity contribution in [2.75, 3.05) is 24.4 Å². The van der Waals surface area contributed by atoms with Crippen LogP contribution in [0.3, 0.4) is 0 Å². The van der Waals surface area contributed by atoms with Crippen molar-refractivity contribution in [1.29, 1.82) is 0 Å². The van der Waals surface area contributed by atoms with E-state index < -0.39 is 0 Å². The van der Waals surface area contributed by atoms with Crippen LogP contribution in [0.15, 0.2) is 24.3 Å². The fourth-order valence-corrected chi connectivity index (χ4v) is 2.36. The van der Waals surface area contributed by atoms with Crippen LogP contribution in [0.1, 0.15) is 19.3 Å². The van der Waals surface area contributed by atoms with Gasteiger partial charge in [-0.15, -0.1) is 0 Å². The Labute approximate surface area is 113 Å². The van der Waals surface area contributed by atoms with Gasteiger partial charge in [-0.2, -0.15) is 0 Å². The zero-order valence-corrected chi connectivity index (χ0v) is 11.2. The minimum atomic E-state index is -0.148. The summed E-state index contributed by atoms with van der Waals surface area (Å²) in [5.74, 6) is -0.148. The maximum atomic E-state index is 11.3. The average Bonchev–Trinajstić information content (AvgIpc) is 2.78. The predicted octanol–water partition coefficient (Wildman–Crippen LogP) is 1.56. The Morgan fingerprint density at radius 3 is 2.58 bits per heavy atom. The van der Waals surface area contributed by atoms with E-state index in [0.29, 0.717) is 12.1 Å². The minimum absolute atomic E-state index is 0.0694. The Morgan fingerprint density at radius 2 is 2.00 bits per heavy atom. The molecule has 1 fully saturated rings. The van der Waals surface area contributed by atoms with Crippen LogP contribution in [0.4, 0.5) is 11.4 Å². The van der Waals surface area contributed by atoms with Crippen LogP contribution in [0.5, 0.6) is 0 Å². The summed E-state index contributed by atoms with van der Waals surface area (Å²) in [6.45, 7) is 0.0694. The molecule has 0 spiro atoms. The zero-order valence-electron chi connectivity index (χ0n) is 11.2. The molecule has 0 aliphatic heterocycles. The first kappa shape index (κ1) is 13.8. The third-order valence-electron chi connectivity index (χ3n) is 3.29. The summed E-state index contributed by atoms with van der Waals surface area (Å²) in [7, 11) is 1.50. The molecule has 1 aromatic carbocycles. The number of benzene rings is 1. The van der Waals surface area contributed by atoms with E-state index in [0.717, 1.165) is 30.6 Å². The number of carbonyl (C=O) groups is 1. The Kier molecular flexibility index (Phi) is 4.76. The number of anilines is 2. The largest absolute Gasteiger partial charge is 0.382 e. The van der Waals surface area contributed by atoms with Crippen molar-refractivity contribution in [2.45, 2.75) is 31.3 Å². The summed E-state index contributed by atoms with van der Waals surface area (Å²) in [4.78, 5) is 11.3. The Morgan fingerprint density at radius 1 is 1.32 bits per heavy atom. The molecule has 0 saturated heterocycles. The van der Waals surface area contributed by atoms with Crippen molar-refractivity contribution in [3.8, 4) is 0 Å². The summed E-state index contributed by atoms with van der Waals surface area (Å²) in [6, 6.07) is 8.47. The lowest BCUT2D eigenvalue weighted by atomic mass is 10.2. The van der Waals surface area contributed by atoms with Crippen molar-refractivity contribution in [1.82, 2.24) is 0 Å². The van der Waals surface area contributed by atoms with E-state index >= 15 is 0 Å². The molecule has 0 aromatic heterocycles. The quantitative estimate of drug-likeness (QED) is 0.753. The lowest BCUT2D eigenvalue weighted by Crippen LogP contribution is -2.20. The van der Waals surface area contributed by atoms with Crippen molar-refractivity contribution < 1.29 is 9.53 Å². The number of methoxy groups -OCH3 is 1. The van der Waals surface area contributed by atoms with Crippen LogP contribution in [-0.2, 0) is 9.53 Å². The second-order valence-corrected chi connectivity index (χ2v) is 4.97. The molecular weight excluding hydrogens is 242 g/mol. The van der Waals surface area contributed by atoms with Crippen LogP contribution < -0.4 is 16.4 Å². The lowest BCUT2D eigenvalue weighted by molar-refractivity contribution is -0.119. The number of nitrogens with two attached hydrogens (primary N) is 1. The Bertz CT molecular complexity index is 419. The number of hydrogen-bond acceptors (Lipinski definition) is 4. The molecule has 1 aliphatic carbocycles. The van der Waals surface area contributed by atoms with Gasteiger partial charge in [0.1, 0.15) is 6.61 Å². The van der Waals surface area contributed by atoms with Gasteiger partial charge in [-0.05, 0) is 43.5 Å². The summed E-state index contributed by atoms with van der Waals surface area (Å²) in [5, 5.41) is 6.22. The molecule has 1 saturated carbocycles. The standard InChI is InChI=1S/C14H21N3O2/c1-19-9-14(18)17-12-6-4-11(5-7-12)16-13-3-2-10(15)8-13/h4-7,10,13,16H,2-3,8-9,15H2,1H3,(H,17,18). The molecular formula is C14H21N3O2. The normalized spacial score (nSPS) is 22.2. The first-order valence-electron chi connectivity index (χ1n) is 6.58. The van der Waals surface area contributed by atoms with E-state index in [2.05, 4.69) is 10.6 Å². The highest BCUT2D eigenvalue weighted by Gasteiger charge is 2.21. The summed E-state index contributed by atoms with van der Waals surface area (Å²) in [6.07, 6.45) is 3.22. The number of nitrogens with one attached hydrogen (secondary N) is 2. The summed E-state index contributed by atoms with van der Waals surface area (Å²) in [5.41, 5.74) is 7.72. The molecule has 0 heterocycles. The van der Waals surface area contributed by atoms with Crippen LogP contribution in [0.2, 0.25) is 0 Å². The van der Waals surface area contributed by atoms with E-state index in [1.54, 1.807) is 0 Å². The van der Waals surface area contributed by atoms with Crippen molar-refractivity contribution >= 4 is 17.3 Å². The van der Waals surface area contributed by atoms with Gasteiger partial charge in [0, 0.05) is 30.6 Å². The highest BCUT2D eigenvalue weighted by atomic mass is 16.5. The summed E-state index contributed by atoms with van der Waals surface area (Å²) >= 11 is 0. The molecule has 1 aromatic rings. The highest BCUT2D eigenvalue weighted by molar-refractivity contribution is 5.91. The molecule has 5 heteroatoms. The van der Waals surface area contributed by atoms with E-state index in [1.165, 1.54) is 7.11 Å². The van der Waals surface area contributed by atoms with E-state index in [4.69, 9.17) is 10.5 Å². The molecule has 2 atom stereocenters. The molecule has 104 valence electrons. The average molecular weight is 263 g/mol. The highest BCUT2D eigenvalue weighted by Crippen LogP contribution is 2.22. The van der Waals surface area contributed by atoms with Crippen molar-refractivity contribution in [2.24, 2.45) is 5.73 Å².